The first-order valence-corrected chi connectivity index (χ1v) is 8.84. The minimum Gasteiger partial charge on any atom is -0.464 e. The van der Waals surface area contributed by atoms with Crippen LogP contribution in [0.3, 0.4) is 0 Å². The van der Waals surface area contributed by atoms with Crippen molar-refractivity contribution >= 4 is 17.7 Å². The van der Waals surface area contributed by atoms with Crippen molar-refractivity contribution in [1.82, 2.24) is 10.3 Å². The van der Waals surface area contributed by atoms with E-state index in [0.717, 1.165) is 12.1 Å². The Kier molecular flexibility index (Phi) is 7.11. The summed E-state index contributed by atoms with van der Waals surface area (Å²) in [5, 5.41) is 2.39. The molecule has 0 saturated heterocycles. The number of pyridine rings is 1. The topological polar surface area (TPSA) is 111 Å². The molecule has 154 valence electrons. The first-order chi connectivity index (χ1) is 13.7. The number of nitrogens with two attached hydrogens (primary N) is 1. The Morgan fingerprint density at radius 1 is 1.21 bits per heavy atom. The Bertz CT molecular complexity index is 888. The lowest BCUT2D eigenvalue weighted by molar-refractivity contribution is -0.155. The Labute approximate surface area is 166 Å². The van der Waals surface area contributed by atoms with Gasteiger partial charge in [-0.1, -0.05) is 6.07 Å². The third-order valence-corrected chi connectivity index (χ3v) is 4.11. The lowest BCUT2D eigenvalue weighted by atomic mass is 9.87. The van der Waals surface area contributed by atoms with Crippen molar-refractivity contribution in [2.75, 3.05) is 6.61 Å². The van der Waals surface area contributed by atoms with E-state index in [2.05, 4.69) is 10.3 Å². The number of amides is 1. The number of aromatic nitrogens is 1. The highest BCUT2D eigenvalue weighted by Crippen LogP contribution is 2.21. The number of nitrogens with one attached hydrogen (secondary N) is 1. The van der Waals surface area contributed by atoms with E-state index >= 15 is 0 Å². The molecule has 2 atom stereocenters. The number of benzene rings is 1. The summed E-state index contributed by atoms with van der Waals surface area (Å²) in [5.41, 5.74) is 3.96. The van der Waals surface area contributed by atoms with Gasteiger partial charge in [0.2, 0.25) is 11.4 Å². The molecule has 0 radical (unpaired) electrons. The maximum atomic E-state index is 13.3. The van der Waals surface area contributed by atoms with Gasteiger partial charge < -0.3 is 15.8 Å². The van der Waals surface area contributed by atoms with E-state index in [1.54, 1.807) is 19.1 Å². The molecule has 3 N–H and O–H groups in total. The highest BCUT2D eigenvalue weighted by Gasteiger charge is 2.48. The van der Waals surface area contributed by atoms with Crippen molar-refractivity contribution < 1.29 is 27.9 Å². The maximum Gasteiger partial charge on any atom is 0.340 e. The zero-order valence-electron chi connectivity index (χ0n) is 15.9. The lowest BCUT2D eigenvalue weighted by Gasteiger charge is -2.28. The number of hydrogen-bond donors (Lipinski definition) is 2. The number of carbonyl (C=O) groups is 3. The van der Waals surface area contributed by atoms with Gasteiger partial charge in [-0.25, -0.2) is 13.6 Å². The largest absolute Gasteiger partial charge is 0.464 e. The van der Waals surface area contributed by atoms with Crippen molar-refractivity contribution in [3.05, 3.63) is 65.5 Å². The molecule has 0 spiro atoms. The van der Waals surface area contributed by atoms with Gasteiger partial charge in [0, 0.05) is 12.3 Å². The summed E-state index contributed by atoms with van der Waals surface area (Å²) in [4.78, 5) is 41.6. The zero-order chi connectivity index (χ0) is 21.6. The summed E-state index contributed by atoms with van der Waals surface area (Å²) in [5.74, 6) is -4.17. The van der Waals surface area contributed by atoms with Gasteiger partial charge in [0.1, 0.15) is 11.6 Å². The van der Waals surface area contributed by atoms with E-state index < -0.39 is 40.9 Å². The summed E-state index contributed by atoms with van der Waals surface area (Å²) in [6.45, 7) is 2.89. The first kappa shape index (κ1) is 22.1. The highest BCUT2D eigenvalue weighted by molar-refractivity contribution is 6.11. The predicted octanol–water partition coefficient (Wildman–Crippen LogP) is 1.39. The van der Waals surface area contributed by atoms with Crippen LogP contribution in [0, 0.1) is 11.6 Å². The molecule has 0 aliphatic heterocycles. The Hall–Kier alpha value is -3.20. The average Bonchev–Trinajstić information content (AvgIpc) is 2.66. The fraction of sp³-hybridized carbons (Fsp3) is 0.300. The first-order valence-electron chi connectivity index (χ1n) is 8.84. The molecule has 7 nitrogen and oxygen atoms in total. The fourth-order valence-corrected chi connectivity index (χ4v) is 2.77. The molecule has 1 amide bonds. The zero-order valence-corrected chi connectivity index (χ0v) is 15.9. The SMILES string of the molecule is CCOC(=O)C(N)(C(=O)[C@H](C)NC(=O)Cc1cc(F)cc(F)c1)c1ccccn1. The van der Waals surface area contributed by atoms with Crippen molar-refractivity contribution in [3.63, 3.8) is 0 Å². The van der Waals surface area contributed by atoms with Gasteiger partial charge in [0.05, 0.1) is 24.8 Å². The average molecular weight is 405 g/mol. The van der Waals surface area contributed by atoms with Gasteiger partial charge in [-0.3, -0.25) is 14.6 Å². The molecule has 0 bridgehead atoms. The molecule has 1 aromatic heterocycles. The fourth-order valence-electron chi connectivity index (χ4n) is 2.77. The quantitative estimate of drug-likeness (QED) is 0.507. The number of carbonyl (C=O) groups excluding carboxylic acids is 3. The Morgan fingerprint density at radius 3 is 2.41 bits per heavy atom. The van der Waals surface area contributed by atoms with Crippen LogP contribution in [0.2, 0.25) is 0 Å². The molecular weight excluding hydrogens is 384 g/mol. The molecule has 2 rings (SSSR count). The van der Waals surface area contributed by atoms with E-state index in [0.29, 0.717) is 6.07 Å². The lowest BCUT2D eigenvalue weighted by Crippen LogP contribution is -2.59. The molecule has 1 unspecified atom stereocenters. The van der Waals surface area contributed by atoms with Crippen molar-refractivity contribution in [2.24, 2.45) is 5.73 Å². The smallest absolute Gasteiger partial charge is 0.340 e. The molecule has 29 heavy (non-hydrogen) atoms. The second-order valence-corrected chi connectivity index (χ2v) is 6.35. The van der Waals surface area contributed by atoms with E-state index in [4.69, 9.17) is 10.5 Å². The molecular formula is C20H21F2N3O4. The van der Waals surface area contributed by atoms with Crippen molar-refractivity contribution in [3.8, 4) is 0 Å². The monoisotopic (exact) mass is 405 g/mol. The van der Waals surface area contributed by atoms with Crippen LogP contribution < -0.4 is 11.1 Å². The van der Waals surface area contributed by atoms with Crippen LogP contribution in [0.15, 0.2) is 42.6 Å². The van der Waals surface area contributed by atoms with Crippen LogP contribution in [0.1, 0.15) is 25.1 Å². The predicted molar refractivity (Wildman–Crippen MR) is 99.4 cm³/mol. The number of hydrogen-bond acceptors (Lipinski definition) is 6. The molecule has 2 aromatic rings. The number of rotatable bonds is 8. The molecule has 1 aromatic carbocycles. The number of ketones is 1. The van der Waals surface area contributed by atoms with Gasteiger partial charge in [-0.2, -0.15) is 0 Å². The van der Waals surface area contributed by atoms with E-state index in [9.17, 15) is 23.2 Å². The van der Waals surface area contributed by atoms with Gasteiger partial charge in [0.15, 0.2) is 5.78 Å². The van der Waals surface area contributed by atoms with Gasteiger partial charge in [-0.05, 0) is 43.7 Å². The molecule has 0 saturated carbocycles. The summed E-state index contributed by atoms with van der Waals surface area (Å²) in [7, 11) is 0. The van der Waals surface area contributed by atoms with Crippen LogP contribution in [0.4, 0.5) is 8.78 Å². The Balaban J connectivity index is 2.20. The molecule has 1 heterocycles. The van der Waals surface area contributed by atoms with Crippen molar-refractivity contribution in [1.29, 1.82) is 0 Å². The van der Waals surface area contributed by atoms with Gasteiger partial charge >= 0.3 is 5.97 Å². The van der Waals surface area contributed by atoms with Crippen LogP contribution in [-0.2, 0) is 31.1 Å². The standard InChI is InChI=1S/C20H21F2N3O4/c1-3-29-19(28)20(23,16-6-4-5-7-24-16)18(27)12(2)25-17(26)10-13-8-14(21)11-15(22)9-13/h4-9,11-12H,3,10,23H2,1-2H3,(H,25,26)/t12-,20?/m0/s1. The molecule has 0 fully saturated rings. The van der Waals surface area contributed by atoms with E-state index in [-0.39, 0.29) is 24.3 Å². The van der Waals surface area contributed by atoms with Crippen LogP contribution >= 0.6 is 0 Å². The van der Waals surface area contributed by atoms with E-state index in [1.807, 2.05) is 0 Å². The number of nitrogens with zero attached hydrogens (tertiary/aromatic N) is 1. The summed E-state index contributed by atoms with van der Waals surface area (Å²) < 4.78 is 31.5. The third-order valence-electron chi connectivity index (χ3n) is 4.11. The minimum absolute atomic E-state index is 0.0101. The molecule has 0 aliphatic rings. The van der Waals surface area contributed by atoms with Crippen molar-refractivity contribution in [2.45, 2.75) is 31.8 Å². The Morgan fingerprint density at radius 2 is 1.86 bits per heavy atom. The summed E-state index contributed by atoms with van der Waals surface area (Å²) in [6, 6.07) is 6.05. The molecule has 0 aliphatic carbocycles. The second-order valence-electron chi connectivity index (χ2n) is 6.35. The van der Waals surface area contributed by atoms with Gasteiger partial charge in [0.25, 0.3) is 0 Å². The number of ether oxygens (including phenoxy) is 1. The van der Waals surface area contributed by atoms with Crippen LogP contribution in [0.25, 0.3) is 0 Å². The summed E-state index contributed by atoms with van der Waals surface area (Å²) >= 11 is 0. The van der Waals surface area contributed by atoms with Crippen LogP contribution in [0.5, 0.6) is 0 Å². The summed E-state index contributed by atoms with van der Waals surface area (Å²) in [6.07, 6.45) is 0.998. The van der Waals surface area contributed by atoms with Gasteiger partial charge in [-0.15, -0.1) is 0 Å². The minimum atomic E-state index is -2.23. The second kappa shape index (κ2) is 9.33. The number of esters is 1. The van der Waals surface area contributed by atoms with E-state index in [1.165, 1.54) is 19.2 Å². The molecule has 9 heteroatoms. The van der Waals surface area contributed by atoms with Crippen LogP contribution in [-0.4, -0.2) is 35.3 Å². The number of Topliss-reactive ketones (excluding diaryl/α,β-unsaturated/α-hetero) is 1. The highest BCUT2D eigenvalue weighted by atomic mass is 19.1. The third kappa shape index (κ3) is 5.20. The maximum absolute atomic E-state index is 13.3. The number of halogens is 2. The normalized spacial score (nSPS) is 13.8.